The fraction of sp³-hybridized carbons (Fsp3) is 0.300. The van der Waals surface area contributed by atoms with E-state index in [2.05, 4.69) is 4.98 Å². The van der Waals surface area contributed by atoms with Crippen LogP contribution in [0.5, 0.6) is 0 Å². The van der Waals surface area contributed by atoms with Crippen molar-refractivity contribution in [3.05, 3.63) is 29.6 Å². The minimum absolute atomic E-state index is 0.0983. The van der Waals surface area contributed by atoms with Gasteiger partial charge in [-0.3, -0.25) is 9.78 Å². The molecule has 1 aliphatic carbocycles. The molecule has 0 fully saturated rings. The predicted molar refractivity (Wildman–Crippen MR) is 46.6 cm³/mol. The Hall–Kier alpha value is -1.51. The van der Waals surface area contributed by atoms with Gasteiger partial charge in [-0.1, -0.05) is 0 Å². The van der Waals surface area contributed by atoms with E-state index in [0.29, 0.717) is 24.1 Å². The number of aldehydes is 1. The van der Waals surface area contributed by atoms with Crippen LogP contribution in [0.25, 0.3) is 0 Å². The van der Waals surface area contributed by atoms with E-state index in [1.807, 2.05) is 0 Å². The average molecular weight is 175 g/mol. The largest absolute Gasteiger partial charge is 0.303 e. The maximum absolute atomic E-state index is 11.4. The molecule has 66 valence electrons. The van der Waals surface area contributed by atoms with Crippen molar-refractivity contribution in [2.24, 2.45) is 0 Å². The third-order valence-electron chi connectivity index (χ3n) is 2.34. The van der Waals surface area contributed by atoms with Crippen LogP contribution in [0.2, 0.25) is 0 Å². The van der Waals surface area contributed by atoms with Crippen molar-refractivity contribution < 1.29 is 9.59 Å². The smallest absolute Gasteiger partial charge is 0.164 e. The van der Waals surface area contributed by atoms with Gasteiger partial charge in [0.2, 0.25) is 0 Å². The number of rotatable bonds is 1. The lowest BCUT2D eigenvalue weighted by molar-refractivity contribution is -0.109. The molecule has 1 unspecified atom stereocenters. The fourth-order valence-corrected chi connectivity index (χ4v) is 1.64. The lowest BCUT2D eigenvalue weighted by Gasteiger charge is -2.18. The minimum Gasteiger partial charge on any atom is -0.303 e. The molecule has 1 heterocycles. The molecule has 0 saturated carbocycles. The molecule has 1 aromatic heterocycles. The normalized spacial score (nSPS) is 20.9. The zero-order chi connectivity index (χ0) is 9.26. The molecular formula is C10H9NO2. The van der Waals surface area contributed by atoms with Gasteiger partial charge in [-0.15, -0.1) is 0 Å². The van der Waals surface area contributed by atoms with E-state index in [4.69, 9.17) is 0 Å². The molecule has 0 N–H and O–H groups in total. The minimum atomic E-state index is -0.186. The van der Waals surface area contributed by atoms with Gasteiger partial charge in [-0.25, -0.2) is 0 Å². The highest BCUT2D eigenvalue weighted by molar-refractivity contribution is 5.99. The van der Waals surface area contributed by atoms with Gasteiger partial charge in [0, 0.05) is 18.2 Å². The number of pyridine rings is 1. The lowest BCUT2D eigenvalue weighted by atomic mass is 9.87. The summed E-state index contributed by atoms with van der Waals surface area (Å²) in [4.78, 5) is 26.1. The van der Waals surface area contributed by atoms with Crippen LogP contribution in [-0.4, -0.2) is 17.1 Å². The highest BCUT2D eigenvalue weighted by Crippen LogP contribution is 2.27. The third-order valence-corrected chi connectivity index (χ3v) is 2.34. The van der Waals surface area contributed by atoms with Crippen LogP contribution >= 0.6 is 0 Å². The van der Waals surface area contributed by atoms with Crippen molar-refractivity contribution in [1.82, 2.24) is 4.98 Å². The van der Waals surface area contributed by atoms with Gasteiger partial charge in [0.05, 0.1) is 11.6 Å². The van der Waals surface area contributed by atoms with Crippen LogP contribution in [-0.2, 0) is 4.79 Å². The Labute approximate surface area is 75.8 Å². The molecule has 3 heteroatoms. The Morgan fingerprint density at radius 2 is 2.38 bits per heavy atom. The Morgan fingerprint density at radius 3 is 3.15 bits per heavy atom. The van der Waals surface area contributed by atoms with E-state index >= 15 is 0 Å². The summed E-state index contributed by atoms with van der Waals surface area (Å²) in [5, 5.41) is 0. The first kappa shape index (κ1) is 8.10. The van der Waals surface area contributed by atoms with Crippen LogP contribution in [0.4, 0.5) is 0 Å². The summed E-state index contributed by atoms with van der Waals surface area (Å²) in [6.45, 7) is 0. The van der Waals surface area contributed by atoms with Crippen LogP contribution in [0, 0.1) is 0 Å². The quantitative estimate of drug-likeness (QED) is 0.605. The van der Waals surface area contributed by atoms with Gasteiger partial charge in [0.25, 0.3) is 0 Å². The second-order valence-corrected chi connectivity index (χ2v) is 3.14. The first-order valence-electron chi connectivity index (χ1n) is 4.26. The molecule has 0 aliphatic heterocycles. The van der Waals surface area contributed by atoms with E-state index in [1.54, 1.807) is 18.3 Å². The number of fused-ring (bicyclic) bond motifs is 1. The topological polar surface area (TPSA) is 47.0 Å². The number of ketones is 1. The number of hydrogen-bond donors (Lipinski definition) is 0. The van der Waals surface area contributed by atoms with Gasteiger partial charge in [-0.2, -0.15) is 0 Å². The number of hydrogen-bond acceptors (Lipinski definition) is 3. The fourth-order valence-electron chi connectivity index (χ4n) is 1.64. The Morgan fingerprint density at radius 1 is 1.54 bits per heavy atom. The summed E-state index contributed by atoms with van der Waals surface area (Å²) < 4.78 is 0. The predicted octanol–water partition coefficient (Wildman–Crippen LogP) is 1.34. The number of carbonyl (C=O) groups excluding carboxylic acids is 2. The van der Waals surface area contributed by atoms with Crippen molar-refractivity contribution >= 4 is 12.1 Å². The molecule has 0 aromatic carbocycles. The molecular weight excluding hydrogens is 166 g/mol. The summed E-state index contributed by atoms with van der Waals surface area (Å²) in [5.74, 6) is -0.0879. The van der Waals surface area contributed by atoms with Crippen LogP contribution in [0.3, 0.4) is 0 Å². The molecule has 1 atom stereocenters. The van der Waals surface area contributed by atoms with Gasteiger partial charge in [-0.05, 0) is 18.6 Å². The number of Topliss-reactive ketones (excluding diaryl/α,β-unsaturated/α-hetero) is 1. The molecule has 1 aromatic rings. The zero-order valence-electron chi connectivity index (χ0n) is 7.06. The molecule has 0 amide bonds. The molecule has 1 aliphatic rings. The molecule has 0 saturated heterocycles. The van der Waals surface area contributed by atoms with E-state index < -0.39 is 0 Å². The van der Waals surface area contributed by atoms with Crippen LogP contribution < -0.4 is 0 Å². The Balaban J connectivity index is 2.53. The summed E-state index contributed by atoms with van der Waals surface area (Å²) in [6, 6.07) is 3.46. The maximum atomic E-state index is 11.4. The summed E-state index contributed by atoms with van der Waals surface area (Å²) in [7, 11) is 0. The standard InChI is InChI=1S/C10H9NO2/c12-6-7-3-4-9(13)8-2-1-5-11-10(7)8/h1-2,5-7H,3-4H2. The first-order chi connectivity index (χ1) is 6.33. The second kappa shape index (κ2) is 3.09. The number of carbonyl (C=O) groups is 2. The highest BCUT2D eigenvalue weighted by atomic mass is 16.1. The average Bonchev–Trinajstić information content (AvgIpc) is 2.19. The monoisotopic (exact) mass is 175 g/mol. The van der Waals surface area contributed by atoms with Crippen molar-refractivity contribution in [2.45, 2.75) is 18.8 Å². The summed E-state index contributed by atoms with van der Waals surface area (Å²) >= 11 is 0. The number of aromatic nitrogens is 1. The van der Waals surface area contributed by atoms with E-state index in [0.717, 1.165) is 6.29 Å². The van der Waals surface area contributed by atoms with E-state index in [1.165, 1.54) is 0 Å². The number of nitrogens with zero attached hydrogens (tertiary/aromatic N) is 1. The maximum Gasteiger partial charge on any atom is 0.164 e. The SMILES string of the molecule is O=CC1CCC(=O)c2cccnc21. The third kappa shape index (κ3) is 1.26. The zero-order valence-corrected chi connectivity index (χ0v) is 7.06. The van der Waals surface area contributed by atoms with E-state index in [-0.39, 0.29) is 11.7 Å². The molecule has 13 heavy (non-hydrogen) atoms. The summed E-state index contributed by atoms with van der Waals surface area (Å²) in [6.07, 6.45) is 3.56. The van der Waals surface area contributed by atoms with Gasteiger partial charge >= 0.3 is 0 Å². The van der Waals surface area contributed by atoms with Crippen LogP contribution in [0.1, 0.15) is 34.8 Å². The lowest BCUT2D eigenvalue weighted by Crippen LogP contribution is -2.17. The van der Waals surface area contributed by atoms with Gasteiger partial charge in [0.1, 0.15) is 6.29 Å². The Kier molecular flexibility index (Phi) is 1.93. The molecule has 0 radical (unpaired) electrons. The van der Waals surface area contributed by atoms with Gasteiger partial charge < -0.3 is 4.79 Å². The van der Waals surface area contributed by atoms with Crippen LogP contribution in [0.15, 0.2) is 18.3 Å². The second-order valence-electron chi connectivity index (χ2n) is 3.14. The highest BCUT2D eigenvalue weighted by Gasteiger charge is 2.25. The van der Waals surface area contributed by atoms with Crippen molar-refractivity contribution in [3.63, 3.8) is 0 Å². The molecule has 2 rings (SSSR count). The molecule has 3 nitrogen and oxygen atoms in total. The molecule has 0 spiro atoms. The van der Waals surface area contributed by atoms with Crippen molar-refractivity contribution in [2.75, 3.05) is 0 Å². The van der Waals surface area contributed by atoms with E-state index in [9.17, 15) is 9.59 Å². The summed E-state index contributed by atoms with van der Waals surface area (Å²) in [5.41, 5.74) is 1.26. The van der Waals surface area contributed by atoms with Crippen molar-refractivity contribution in [1.29, 1.82) is 0 Å². The Bertz CT molecular complexity index is 360. The molecule has 0 bridgehead atoms. The first-order valence-corrected chi connectivity index (χ1v) is 4.26. The van der Waals surface area contributed by atoms with Gasteiger partial charge in [0.15, 0.2) is 5.78 Å². The van der Waals surface area contributed by atoms with Crippen molar-refractivity contribution in [3.8, 4) is 0 Å².